The Bertz CT molecular complexity index is 3060. The third-order valence-corrected chi connectivity index (χ3v) is 15.0. The molecule has 0 unspecified atom stereocenters. The van der Waals surface area contributed by atoms with Gasteiger partial charge in [-0.25, -0.2) is 0 Å². The number of para-hydroxylation sites is 2. The maximum Gasteiger partial charge on any atom is 0.0464 e. The fourth-order valence-electron chi connectivity index (χ4n) is 11.3. The van der Waals surface area contributed by atoms with E-state index >= 15 is 0 Å². The minimum absolute atomic E-state index is 0.0650. The van der Waals surface area contributed by atoms with Crippen molar-refractivity contribution in [3.63, 3.8) is 0 Å². The molecule has 0 N–H and O–H groups in total. The molecular weight excluding hydrogens is 797 g/mol. The van der Waals surface area contributed by atoms with Crippen LogP contribution in [0.1, 0.15) is 107 Å². The lowest BCUT2D eigenvalue weighted by molar-refractivity contribution is 0.650. The Kier molecular flexibility index (Phi) is 10.9. The maximum atomic E-state index is 2.51. The monoisotopic (exact) mass is 856 g/mol. The lowest BCUT2D eigenvalue weighted by Gasteiger charge is -2.30. The first kappa shape index (κ1) is 41.8. The summed E-state index contributed by atoms with van der Waals surface area (Å²) in [4.78, 5) is 4.88. The van der Waals surface area contributed by atoms with Crippen molar-refractivity contribution in [3.05, 3.63) is 250 Å². The van der Waals surface area contributed by atoms with E-state index in [0.717, 1.165) is 51.4 Å². The molecule has 5 aromatic rings. The zero-order chi connectivity index (χ0) is 44.8. The van der Waals surface area contributed by atoms with E-state index in [0.29, 0.717) is 0 Å². The van der Waals surface area contributed by atoms with Gasteiger partial charge in [-0.1, -0.05) is 161 Å². The largest absolute Gasteiger partial charge is 0.314 e. The first-order valence-corrected chi connectivity index (χ1v) is 24.3. The van der Waals surface area contributed by atoms with Gasteiger partial charge in [-0.3, -0.25) is 0 Å². The van der Waals surface area contributed by atoms with Gasteiger partial charge in [0.15, 0.2) is 0 Å². The molecule has 6 aliphatic rings. The maximum absolute atomic E-state index is 2.51. The van der Waals surface area contributed by atoms with Crippen molar-refractivity contribution in [3.8, 4) is 11.1 Å². The second-order valence-electron chi connectivity index (χ2n) is 19.9. The van der Waals surface area contributed by atoms with Crippen molar-refractivity contribution in [2.75, 3.05) is 9.80 Å². The van der Waals surface area contributed by atoms with E-state index < -0.39 is 0 Å². The van der Waals surface area contributed by atoms with E-state index in [4.69, 9.17) is 0 Å². The first-order chi connectivity index (χ1) is 32.2. The highest BCUT2D eigenvalue weighted by molar-refractivity contribution is 5.87. The molecule has 2 nitrogen and oxygen atoms in total. The highest BCUT2D eigenvalue weighted by atomic mass is 15.2. The predicted molar refractivity (Wildman–Crippen MR) is 281 cm³/mol. The molecule has 0 spiro atoms. The van der Waals surface area contributed by atoms with Crippen molar-refractivity contribution in [1.82, 2.24) is 0 Å². The number of allylic oxidation sites excluding steroid dienone is 18. The van der Waals surface area contributed by atoms with Gasteiger partial charge in [-0.05, 0) is 179 Å². The standard InChI is InChI=1S/C64H60N2/c1-63(2)59-41-47(33-37-55(59)57-39-35-53(43-61(57)63)65(49-17-9-5-10-18-49)50-19-11-6-12-20-50)31-29-45-25-27-46(28-26-45)30-32-48-34-38-56-58-40-36-54(44-62(58)64(3,4)60(56)42-48)66(51-21-13-7-14-22-51)52-23-15-8-16-24-52/h5-7,9-11,13-15,17-19,21-25,27,29-33,35-37,39-44H,8,12,16,20,26,28,34,38H2,1-4H3/b31-29+,32-30+. The number of anilines is 4. The predicted octanol–water partition coefficient (Wildman–Crippen LogP) is 17.4. The van der Waals surface area contributed by atoms with Crippen LogP contribution in [0.5, 0.6) is 0 Å². The molecule has 0 saturated carbocycles. The number of fused-ring (bicyclic) bond motifs is 5. The summed E-state index contributed by atoms with van der Waals surface area (Å²) in [5.74, 6) is 0. The summed E-state index contributed by atoms with van der Waals surface area (Å²) in [6, 6.07) is 43.0. The van der Waals surface area contributed by atoms with E-state index in [1.807, 2.05) is 0 Å². The average Bonchev–Trinajstić information content (AvgIpc) is 3.72. The van der Waals surface area contributed by atoms with Crippen molar-refractivity contribution >= 4 is 34.4 Å². The molecular formula is C64H60N2. The summed E-state index contributed by atoms with van der Waals surface area (Å²) in [5.41, 5.74) is 24.1. The lowest BCUT2D eigenvalue weighted by atomic mass is 9.78. The molecule has 0 amide bonds. The van der Waals surface area contributed by atoms with Crippen LogP contribution >= 0.6 is 0 Å². The van der Waals surface area contributed by atoms with Gasteiger partial charge < -0.3 is 9.80 Å². The van der Waals surface area contributed by atoms with Gasteiger partial charge in [0.1, 0.15) is 0 Å². The Morgan fingerprint density at radius 1 is 0.470 bits per heavy atom. The fourth-order valence-corrected chi connectivity index (χ4v) is 11.3. The van der Waals surface area contributed by atoms with E-state index in [1.54, 1.807) is 0 Å². The topological polar surface area (TPSA) is 6.48 Å². The van der Waals surface area contributed by atoms with Crippen LogP contribution in [0.2, 0.25) is 0 Å². The molecule has 5 aromatic carbocycles. The number of hydrogen-bond acceptors (Lipinski definition) is 2. The van der Waals surface area contributed by atoms with Crippen LogP contribution in [0.15, 0.2) is 222 Å². The number of benzene rings is 5. The summed E-state index contributed by atoms with van der Waals surface area (Å²) in [6.07, 6.45) is 38.8. The SMILES string of the molecule is CC1(C)C2=C(CCC(/C=C/C3=CC=C(/C=C/c4ccc5c(c4)C(C)(C)c4cc(N(C6=CC=CCC6)c6ccccc6)ccc4-5)CC3)=C2)c2ccc(N(C3=CCCC=C3)c3ccccc3)cc21. The number of nitrogens with zero attached hydrogens (tertiary/aromatic N) is 2. The zero-order valence-electron chi connectivity index (χ0n) is 39.0. The van der Waals surface area contributed by atoms with E-state index in [-0.39, 0.29) is 10.8 Å². The molecule has 0 saturated heterocycles. The fraction of sp³-hybridized carbons (Fsp3) is 0.219. The van der Waals surface area contributed by atoms with Crippen LogP contribution in [0.25, 0.3) is 22.8 Å². The van der Waals surface area contributed by atoms with E-state index in [2.05, 4.69) is 232 Å². The van der Waals surface area contributed by atoms with Gasteiger partial charge >= 0.3 is 0 Å². The average molecular weight is 857 g/mol. The second-order valence-corrected chi connectivity index (χ2v) is 19.9. The molecule has 66 heavy (non-hydrogen) atoms. The van der Waals surface area contributed by atoms with Crippen LogP contribution in [0.3, 0.4) is 0 Å². The molecule has 0 heterocycles. The smallest absolute Gasteiger partial charge is 0.0464 e. The van der Waals surface area contributed by atoms with Gasteiger partial charge in [0.25, 0.3) is 0 Å². The van der Waals surface area contributed by atoms with Gasteiger partial charge in [0, 0.05) is 45.0 Å². The molecule has 0 atom stereocenters. The summed E-state index contributed by atoms with van der Waals surface area (Å²) in [6.45, 7) is 9.63. The number of hydrogen-bond donors (Lipinski definition) is 0. The minimum atomic E-state index is -0.108. The minimum Gasteiger partial charge on any atom is -0.314 e. The van der Waals surface area contributed by atoms with Crippen LogP contribution in [-0.2, 0) is 10.8 Å². The molecule has 0 bridgehead atoms. The van der Waals surface area contributed by atoms with Crippen molar-refractivity contribution in [1.29, 1.82) is 0 Å². The zero-order valence-corrected chi connectivity index (χ0v) is 39.0. The molecule has 0 aromatic heterocycles. The van der Waals surface area contributed by atoms with E-state index in [9.17, 15) is 0 Å². The molecule has 2 heteroatoms. The summed E-state index contributed by atoms with van der Waals surface area (Å²) >= 11 is 0. The lowest BCUT2D eigenvalue weighted by Crippen LogP contribution is -2.20. The van der Waals surface area contributed by atoms with Crippen LogP contribution in [0, 0.1) is 0 Å². The molecule has 0 radical (unpaired) electrons. The van der Waals surface area contributed by atoms with Crippen LogP contribution < -0.4 is 9.80 Å². The Balaban J connectivity index is 0.782. The van der Waals surface area contributed by atoms with Crippen molar-refractivity contribution in [2.24, 2.45) is 0 Å². The molecule has 6 aliphatic carbocycles. The highest BCUT2D eigenvalue weighted by Gasteiger charge is 2.39. The van der Waals surface area contributed by atoms with Crippen LogP contribution in [-0.4, -0.2) is 0 Å². The summed E-state index contributed by atoms with van der Waals surface area (Å²) in [5, 5.41) is 0. The van der Waals surface area contributed by atoms with Gasteiger partial charge in [-0.15, -0.1) is 0 Å². The summed E-state index contributed by atoms with van der Waals surface area (Å²) in [7, 11) is 0. The second kappa shape index (κ2) is 17.1. The molecule has 0 aliphatic heterocycles. The quantitative estimate of drug-likeness (QED) is 0.138. The third kappa shape index (κ3) is 7.67. The Morgan fingerprint density at radius 2 is 1.08 bits per heavy atom. The van der Waals surface area contributed by atoms with Gasteiger partial charge in [0.05, 0.1) is 0 Å². The first-order valence-electron chi connectivity index (χ1n) is 24.3. The van der Waals surface area contributed by atoms with Crippen molar-refractivity contribution in [2.45, 2.75) is 89.9 Å². The Hall–Kier alpha value is -6.90. The highest BCUT2D eigenvalue weighted by Crippen LogP contribution is 2.53. The number of rotatable bonds is 10. The molecule has 11 rings (SSSR count). The molecule has 0 fully saturated rings. The van der Waals surface area contributed by atoms with Crippen LogP contribution in [0.4, 0.5) is 22.7 Å². The normalized spacial score (nSPS) is 18.8. The van der Waals surface area contributed by atoms with Gasteiger partial charge in [0.2, 0.25) is 0 Å². The Labute approximate surface area is 393 Å². The van der Waals surface area contributed by atoms with Crippen molar-refractivity contribution < 1.29 is 0 Å². The summed E-state index contributed by atoms with van der Waals surface area (Å²) < 4.78 is 0. The molecule has 326 valence electrons. The third-order valence-electron chi connectivity index (χ3n) is 15.0. The van der Waals surface area contributed by atoms with E-state index in [1.165, 1.54) is 101 Å². The van der Waals surface area contributed by atoms with Gasteiger partial charge in [-0.2, -0.15) is 0 Å². The Morgan fingerprint density at radius 3 is 1.74 bits per heavy atom.